The van der Waals surface area contributed by atoms with Crippen molar-refractivity contribution in [2.75, 3.05) is 0 Å². The normalized spacial score (nSPS) is 23.7. The third-order valence-electron chi connectivity index (χ3n) is 3.37. The number of ether oxygens (including phenoxy) is 1. The molecule has 1 N–H and O–H groups in total. The van der Waals surface area contributed by atoms with Crippen LogP contribution in [-0.2, 0) is 10.0 Å². The smallest absolute Gasteiger partial charge is 0.244 e. The number of halogens is 1. The Morgan fingerprint density at radius 3 is 2.57 bits per heavy atom. The number of hydrogen-bond acceptors (Lipinski definition) is 3. The largest absolute Gasteiger partial charge is 0.483 e. The van der Waals surface area contributed by atoms with Crippen molar-refractivity contribution in [3.05, 3.63) is 59.1 Å². The molecule has 0 saturated carbocycles. The molecule has 0 bridgehead atoms. The van der Waals surface area contributed by atoms with E-state index in [1.165, 1.54) is 6.07 Å². The summed E-state index contributed by atoms with van der Waals surface area (Å²) in [7, 11) is -3.65. The lowest BCUT2D eigenvalue weighted by atomic mass is 10.0. The van der Waals surface area contributed by atoms with E-state index in [-0.39, 0.29) is 4.90 Å². The van der Waals surface area contributed by atoms with Gasteiger partial charge in [-0.3, -0.25) is 0 Å². The molecule has 0 aromatic heterocycles. The standard InChI is InChI=1S/C15H14ClNO3S/c1-10-15(11-5-3-2-4-6-11)20-13-8-7-12(16)9-14(13)21(18,19)17-10/h2-10,15,17H,1H3/t10-,15-/m0/s1. The Kier molecular flexibility index (Phi) is 3.65. The van der Waals surface area contributed by atoms with E-state index < -0.39 is 22.2 Å². The molecule has 6 heteroatoms. The SMILES string of the molecule is C[C@@H]1NS(=O)(=O)c2cc(Cl)ccc2O[C@@H]1c1ccccc1. The maximum Gasteiger partial charge on any atom is 0.244 e. The van der Waals surface area contributed by atoms with E-state index in [0.29, 0.717) is 10.8 Å². The van der Waals surface area contributed by atoms with Crippen LogP contribution in [0.5, 0.6) is 5.75 Å². The maximum atomic E-state index is 12.4. The molecule has 4 nitrogen and oxygen atoms in total. The molecule has 21 heavy (non-hydrogen) atoms. The van der Waals surface area contributed by atoms with Gasteiger partial charge in [-0.1, -0.05) is 41.9 Å². The van der Waals surface area contributed by atoms with Gasteiger partial charge in [0, 0.05) is 5.02 Å². The Morgan fingerprint density at radius 1 is 1.14 bits per heavy atom. The zero-order valence-corrected chi connectivity index (χ0v) is 12.9. The first-order valence-corrected chi connectivity index (χ1v) is 8.37. The highest BCUT2D eigenvalue weighted by Crippen LogP contribution is 2.35. The van der Waals surface area contributed by atoms with E-state index in [0.717, 1.165) is 5.56 Å². The van der Waals surface area contributed by atoms with E-state index in [4.69, 9.17) is 16.3 Å². The molecule has 0 aliphatic carbocycles. The molecule has 1 aliphatic heterocycles. The minimum Gasteiger partial charge on any atom is -0.483 e. The number of fused-ring (bicyclic) bond motifs is 1. The molecule has 0 unspecified atom stereocenters. The van der Waals surface area contributed by atoms with Crippen molar-refractivity contribution < 1.29 is 13.2 Å². The molecule has 0 spiro atoms. The Bertz CT molecular complexity index is 762. The maximum absolute atomic E-state index is 12.4. The van der Waals surface area contributed by atoms with Crippen LogP contribution in [0.25, 0.3) is 0 Å². The summed E-state index contributed by atoms with van der Waals surface area (Å²) in [5.41, 5.74) is 0.913. The van der Waals surface area contributed by atoms with Gasteiger partial charge in [-0.05, 0) is 30.7 Å². The summed E-state index contributed by atoms with van der Waals surface area (Å²) in [4.78, 5) is 0.0697. The van der Waals surface area contributed by atoms with Crippen LogP contribution in [-0.4, -0.2) is 14.5 Å². The average molecular weight is 324 g/mol. The molecular weight excluding hydrogens is 310 g/mol. The van der Waals surface area contributed by atoms with Crippen LogP contribution in [0.15, 0.2) is 53.4 Å². The second-order valence-corrected chi connectivity index (χ2v) is 7.07. The van der Waals surface area contributed by atoms with Gasteiger partial charge in [0.2, 0.25) is 10.0 Å². The van der Waals surface area contributed by atoms with Gasteiger partial charge in [0.25, 0.3) is 0 Å². The number of benzene rings is 2. The predicted molar refractivity (Wildman–Crippen MR) is 81.0 cm³/mol. The van der Waals surface area contributed by atoms with Crippen molar-refractivity contribution in [3.63, 3.8) is 0 Å². The van der Waals surface area contributed by atoms with Crippen molar-refractivity contribution in [3.8, 4) is 5.75 Å². The van der Waals surface area contributed by atoms with Crippen molar-refractivity contribution in [1.29, 1.82) is 0 Å². The molecule has 2 atom stereocenters. The van der Waals surface area contributed by atoms with Gasteiger partial charge in [0.1, 0.15) is 16.7 Å². The van der Waals surface area contributed by atoms with Gasteiger partial charge in [-0.25, -0.2) is 13.1 Å². The van der Waals surface area contributed by atoms with Gasteiger partial charge in [0.05, 0.1) is 6.04 Å². The number of nitrogens with one attached hydrogen (secondary N) is 1. The third kappa shape index (κ3) is 2.77. The Morgan fingerprint density at radius 2 is 1.86 bits per heavy atom. The first-order valence-electron chi connectivity index (χ1n) is 6.51. The summed E-state index contributed by atoms with van der Waals surface area (Å²) in [6.45, 7) is 1.78. The second-order valence-electron chi connectivity index (χ2n) is 4.95. The highest BCUT2D eigenvalue weighted by molar-refractivity contribution is 7.89. The minimum atomic E-state index is -3.65. The quantitative estimate of drug-likeness (QED) is 0.877. The van der Waals surface area contributed by atoms with Gasteiger partial charge in [-0.15, -0.1) is 0 Å². The summed E-state index contributed by atoms with van der Waals surface area (Å²) >= 11 is 5.90. The van der Waals surface area contributed by atoms with Gasteiger partial charge >= 0.3 is 0 Å². The first kappa shape index (κ1) is 14.4. The van der Waals surface area contributed by atoms with Crippen LogP contribution in [0.4, 0.5) is 0 Å². The zero-order chi connectivity index (χ0) is 15.0. The zero-order valence-electron chi connectivity index (χ0n) is 11.3. The molecule has 1 heterocycles. The lowest BCUT2D eigenvalue weighted by molar-refractivity contribution is 0.174. The number of sulfonamides is 1. The molecule has 0 amide bonds. The highest BCUT2D eigenvalue weighted by Gasteiger charge is 2.33. The summed E-state index contributed by atoms with van der Waals surface area (Å²) in [5, 5.41) is 0.355. The fraction of sp³-hybridized carbons (Fsp3) is 0.200. The summed E-state index contributed by atoms with van der Waals surface area (Å²) < 4.78 is 33.3. The molecule has 2 aromatic carbocycles. The molecule has 0 fully saturated rings. The van der Waals surface area contributed by atoms with Crippen molar-refractivity contribution in [2.24, 2.45) is 0 Å². The van der Waals surface area contributed by atoms with Gasteiger partial charge < -0.3 is 4.74 Å². The molecule has 110 valence electrons. The highest BCUT2D eigenvalue weighted by atomic mass is 35.5. The molecule has 0 radical (unpaired) electrons. The van der Waals surface area contributed by atoms with Crippen molar-refractivity contribution >= 4 is 21.6 Å². The van der Waals surface area contributed by atoms with E-state index in [1.807, 2.05) is 30.3 Å². The summed E-state index contributed by atoms with van der Waals surface area (Å²) in [6.07, 6.45) is -0.400. The third-order valence-corrected chi connectivity index (χ3v) is 5.19. The van der Waals surface area contributed by atoms with E-state index >= 15 is 0 Å². The number of hydrogen-bond donors (Lipinski definition) is 1. The summed E-state index contributed by atoms with van der Waals surface area (Å²) in [6, 6.07) is 13.7. The molecule has 2 aromatic rings. The van der Waals surface area contributed by atoms with E-state index in [2.05, 4.69) is 4.72 Å². The van der Waals surface area contributed by atoms with Crippen LogP contribution >= 0.6 is 11.6 Å². The lowest BCUT2D eigenvalue weighted by Gasteiger charge is -2.22. The number of rotatable bonds is 1. The van der Waals surface area contributed by atoms with E-state index in [9.17, 15) is 8.42 Å². The van der Waals surface area contributed by atoms with Crippen LogP contribution in [0.3, 0.4) is 0 Å². The first-order chi connectivity index (χ1) is 9.97. The van der Waals surface area contributed by atoms with Crippen LogP contribution < -0.4 is 9.46 Å². The van der Waals surface area contributed by atoms with Crippen LogP contribution in [0.1, 0.15) is 18.6 Å². The minimum absolute atomic E-state index is 0.0697. The summed E-state index contributed by atoms with van der Waals surface area (Å²) in [5.74, 6) is 0.310. The topological polar surface area (TPSA) is 55.4 Å². The molecule has 1 aliphatic rings. The Balaban J connectivity index is 2.11. The fourth-order valence-corrected chi connectivity index (χ4v) is 4.04. The lowest BCUT2D eigenvalue weighted by Crippen LogP contribution is -2.36. The second kappa shape index (κ2) is 5.33. The van der Waals surface area contributed by atoms with Crippen molar-refractivity contribution in [2.45, 2.75) is 24.0 Å². The van der Waals surface area contributed by atoms with Crippen molar-refractivity contribution in [1.82, 2.24) is 4.72 Å². The Labute approximate surface area is 128 Å². The van der Waals surface area contributed by atoms with Gasteiger partial charge in [-0.2, -0.15) is 0 Å². The monoisotopic (exact) mass is 323 g/mol. The predicted octanol–water partition coefficient (Wildman–Crippen LogP) is 3.14. The Hall–Kier alpha value is -1.56. The van der Waals surface area contributed by atoms with Crippen LogP contribution in [0.2, 0.25) is 5.02 Å². The fourth-order valence-electron chi connectivity index (χ4n) is 2.40. The van der Waals surface area contributed by atoms with Gasteiger partial charge in [0.15, 0.2) is 0 Å². The average Bonchev–Trinajstić information content (AvgIpc) is 2.55. The molecule has 0 saturated heterocycles. The van der Waals surface area contributed by atoms with E-state index in [1.54, 1.807) is 19.1 Å². The molecule has 3 rings (SSSR count). The molecular formula is C15H14ClNO3S. The van der Waals surface area contributed by atoms with Crippen LogP contribution in [0, 0.1) is 0 Å².